The zero-order chi connectivity index (χ0) is 53.7. The number of nitrogens with zero attached hydrogens (tertiary/aromatic N) is 5. The lowest BCUT2D eigenvalue weighted by atomic mass is 9.93. The molecule has 2 fully saturated rings. The zero-order valence-corrected chi connectivity index (χ0v) is 44.2. The molecule has 6 N–H and O–H groups in total. The van der Waals surface area contributed by atoms with Crippen molar-refractivity contribution >= 4 is 0 Å². The standard InChI is InChI=1S/C60H73N5O11/c1-6-63(7-2)32-46-26-43(16-14-40-18-21-50(22-19-40)72-59-55(69)45(36-66)31-51(37-67)73-59)28-48(61-46)34-65(25-24-41-12-10-39(5)11-13-41)35-49-29-44(27-47(62-49)33-64(8-3)9-4)17-15-42-20-23-52-53(30-42)74-58-57(71)56(70)54(38-68)76-60(58)75-52/h10-13,18-23,26-30,45,51,54-60,66-71H,6-9,24-25,31-38H2,1-5H3. The first-order chi connectivity index (χ1) is 36.9. The van der Waals surface area contributed by atoms with Gasteiger partial charge in [-0.25, -0.2) is 0 Å². The van der Waals surface area contributed by atoms with Crippen molar-refractivity contribution in [1.82, 2.24) is 24.7 Å². The summed E-state index contributed by atoms with van der Waals surface area (Å²) < 4.78 is 29.6. The SMILES string of the molecule is CCN(CC)Cc1cc(C#Cc2ccc(OC3OC(CO)CC(CO)C3O)cc2)cc(CN(CCc2ccc(C)cc2)Cc2cc(C#Cc3ccc4c(c3)OC3C(O4)OC(CO)C(O)C3O)cc(CN(CC)CC)n2)n1. The van der Waals surface area contributed by atoms with E-state index in [0.29, 0.717) is 55.4 Å². The molecule has 2 aromatic heterocycles. The fourth-order valence-electron chi connectivity index (χ4n) is 9.62. The van der Waals surface area contributed by atoms with Crippen molar-refractivity contribution in [3.8, 4) is 40.9 Å². The van der Waals surface area contributed by atoms with Crippen molar-refractivity contribution in [2.45, 2.75) is 123 Å². The number of pyridine rings is 2. The van der Waals surface area contributed by atoms with Gasteiger partial charge in [-0.05, 0) is 118 Å². The Bertz CT molecular complexity index is 2800. The van der Waals surface area contributed by atoms with Gasteiger partial charge in [-0.15, -0.1) is 0 Å². The lowest BCUT2D eigenvalue weighted by molar-refractivity contribution is -0.279. The lowest BCUT2D eigenvalue weighted by Gasteiger charge is -2.44. The van der Waals surface area contributed by atoms with Gasteiger partial charge in [0.2, 0.25) is 12.6 Å². The van der Waals surface area contributed by atoms with Crippen molar-refractivity contribution in [3.05, 3.63) is 147 Å². The summed E-state index contributed by atoms with van der Waals surface area (Å²) in [6.07, 6.45) is -7.15. The van der Waals surface area contributed by atoms with Gasteiger partial charge in [0.25, 0.3) is 0 Å². The summed E-state index contributed by atoms with van der Waals surface area (Å²) in [4.78, 5) is 17.5. The van der Waals surface area contributed by atoms with Crippen molar-refractivity contribution < 1.29 is 54.3 Å². The highest BCUT2D eigenvalue weighted by molar-refractivity contribution is 5.52. The van der Waals surface area contributed by atoms with Crippen molar-refractivity contribution in [2.24, 2.45) is 5.92 Å². The van der Waals surface area contributed by atoms with Gasteiger partial charge in [0.05, 0.1) is 42.1 Å². The second-order valence-electron chi connectivity index (χ2n) is 19.7. The van der Waals surface area contributed by atoms with Crippen LogP contribution in [0.25, 0.3) is 0 Å². The first kappa shape index (κ1) is 56.2. The van der Waals surface area contributed by atoms with E-state index in [2.05, 4.69) is 109 Å². The van der Waals surface area contributed by atoms with Crippen LogP contribution in [-0.4, -0.2) is 157 Å². The number of aliphatic hydroxyl groups is 6. The highest BCUT2D eigenvalue weighted by Crippen LogP contribution is 2.39. The number of aryl methyl sites for hydroxylation is 1. The number of aliphatic hydroxyl groups excluding tert-OH is 6. The minimum atomic E-state index is -1.34. The molecule has 3 aromatic carbocycles. The van der Waals surface area contributed by atoms with E-state index in [1.165, 1.54) is 11.1 Å². The monoisotopic (exact) mass is 1040 g/mol. The minimum absolute atomic E-state index is 0.238. The van der Waals surface area contributed by atoms with E-state index in [9.17, 15) is 30.6 Å². The summed E-state index contributed by atoms with van der Waals surface area (Å²) in [6, 6.07) is 29.4. The second kappa shape index (κ2) is 26.9. The average Bonchev–Trinajstić information content (AvgIpc) is 3.46. The van der Waals surface area contributed by atoms with Gasteiger partial charge in [0.15, 0.2) is 17.6 Å². The molecule has 9 atom stereocenters. The molecule has 0 spiro atoms. The fourth-order valence-corrected chi connectivity index (χ4v) is 9.62. The quantitative estimate of drug-likeness (QED) is 0.0593. The first-order valence-corrected chi connectivity index (χ1v) is 26.6. The Morgan fingerprint density at radius 3 is 1.67 bits per heavy atom. The Labute approximate surface area is 446 Å². The van der Waals surface area contributed by atoms with Crippen LogP contribution in [0, 0.1) is 36.5 Å². The fraction of sp³-hybridized carbons (Fsp3) is 0.467. The molecule has 0 saturated carbocycles. The highest BCUT2D eigenvalue weighted by Gasteiger charge is 2.49. The molecule has 16 heteroatoms. The summed E-state index contributed by atoms with van der Waals surface area (Å²) in [6.45, 7) is 16.3. The van der Waals surface area contributed by atoms with Crippen molar-refractivity contribution in [3.63, 3.8) is 0 Å². The molecule has 404 valence electrons. The largest absolute Gasteiger partial charge is 0.477 e. The molecular formula is C60H73N5O11. The molecule has 76 heavy (non-hydrogen) atoms. The van der Waals surface area contributed by atoms with Crippen LogP contribution >= 0.6 is 0 Å². The maximum absolute atomic E-state index is 10.8. The molecule has 0 bridgehead atoms. The summed E-state index contributed by atoms with van der Waals surface area (Å²) >= 11 is 0. The third-order valence-electron chi connectivity index (χ3n) is 14.2. The summed E-state index contributed by atoms with van der Waals surface area (Å²) in [5.74, 6) is 14.2. The van der Waals surface area contributed by atoms with Crippen molar-refractivity contribution in [1.29, 1.82) is 0 Å². The van der Waals surface area contributed by atoms with E-state index in [-0.39, 0.29) is 13.2 Å². The Hall–Kier alpha value is -5.96. The minimum Gasteiger partial charge on any atom is -0.477 e. The Kier molecular flexibility index (Phi) is 19.9. The maximum Gasteiger partial charge on any atom is 0.240 e. The van der Waals surface area contributed by atoms with Gasteiger partial charge in [-0.1, -0.05) is 81.2 Å². The third-order valence-corrected chi connectivity index (χ3v) is 14.2. The molecular weight excluding hydrogens is 967 g/mol. The van der Waals surface area contributed by atoms with Crippen LogP contribution in [0.4, 0.5) is 0 Å². The summed E-state index contributed by atoms with van der Waals surface area (Å²) in [5.41, 5.74) is 9.08. The molecule has 9 unspecified atom stereocenters. The molecule has 3 aliphatic rings. The molecule has 8 rings (SSSR count). The molecule has 0 aliphatic carbocycles. The van der Waals surface area contributed by atoms with Crippen LogP contribution in [0.15, 0.2) is 91.0 Å². The average molecular weight is 1040 g/mol. The second-order valence-corrected chi connectivity index (χ2v) is 19.7. The van der Waals surface area contributed by atoms with Gasteiger partial charge in [-0.2, -0.15) is 0 Å². The summed E-state index contributed by atoms with van der Waals surface area (Å²) in [5, 5.41) is 61.2. The Balaban J connectivity index is 1.07. The first-order valence-electron chi connectivity index (χ1n) is 26.6. The van der Waals surface area contributed by atoms with Crippen LogP contribution < -0.4 is 14.2 Å². The van der Waals surface area contributed by atoms with Crippen LogP contribution in [0.1, 0.15) is 90.3 Å². The van der Waals surface area contributed by atoms with E-state index in [4.69, 9.17) is 33.7 Å². The van der Waals surface area contributed by atoms with E-state index >= 15 is 0 Å². The highest BCUT2D eigenvalue weighted by atomic mass is 16.7. The normalized spacial score (nSPS) is 22.9. The molecule has 5 heterocycles. The number of benzene rings is 3. The summed E-state index contributed by atoms with van der Waals surface area (Å²) in [7, 11) is 0. The zero-order valence-electron chi connectivity index (χ0n) is 44.2. The molecule has 5 aromatic rings. The number of rotatable bonds is 20. The number of ether oxygens (including phenoxy) is 5. The van der Waals surface area contributed by atoms with E-state index in [1.807, 2.05) is 30.3 Å². The lowest BCUT2D eigenvalue weighted by Crippen LogP contribution is -2.63. The van der Waals surface area contributed by atoms with Gasteiger partial charge >= 0.3 is 0 Å². The Morgan fingerprint density at radius 2 is 1.12 bits per heavy atom. The van der Waals surface area contributed by atoms with E-state index in [1.54, 1.807) is 24.3 Å². The molecule has 16 nitrogen and oxygen atoms in total. The number of hydrogen-bond acceptors (Lipinski definition) is 16. The molecule has 0 radical (unpaired) electrons. The van der Waals surface area contributed by atoms with Crippen LogP contribution in [0.2, 0.25) is 0 Å². The van der Waals surface area contributed by atoms with Gasteiger partial charge in [0, 0.05) is 67.5 Å². The number of fused-ring (bicyclic) bond motifs is 2. The van der Waals surface area contributed by atoms with Crippen LogP contribution in [-0.2, 0) is 42.1 Å². The number of aromatic nitrogens is 2. The molecule has 0 amide bonds. The van der Waals surface area contributed by atoms with Crippen molar-refractivity contribution in [2.75, 3.05) is 52.5 Å². The maximum atomic E-state index is 10.8. The topological polar surface area (TPSA) is 203 Å². The number of hydrogen-bond donors (Lipinski definition) is 6. The molecule has 2 saturated heterocycles. The predicted molar refractivity (Wildman–Crippen MR) is 286 cm³/mol. The van der Waals surface area contributed by atoms with Gasteiger partial charge in [0.1, 0.15) is 30.2 Å². The van der Waals surface area contributed by atoms with Crippen LogP contribution in [0.3, 0.4) is 0 Å². The van der Waals surface area contributed by atoms with Gasteiger partial charge < -0.3 is 54.3 Å². The van der Waals surface area contributed by atoms with E-state index < -0.39 is 61.7 Å². The van der Waals surface area contributed by atoms with E-state index in [0.717, 1.165) is 78.6 Å². The predicted octanol–water partition coefficient (Wildman–Crippen LogP) is 4.55. The Morgan fingerprint density at radius 1 is 0.566 bits per heavy atom. The third kappa shape index (κ3) is 14.7. The van der Waals surface area contributed by atoms with Crippen LogP contribution in [0.5, 0.6) is 17.2 Å². The molecule has 3 aliphatic heterocycles. The van der Waals surface area contributed by atoms with Gasteiger partial charge in [-0.3, -0.25) is 24.7 Å². The smallest absolute Gasteiger partial charge is 0.240 e.